The summed E-state index contributed by atoms with van der Waals surface area (Å²) in [5.41, 5.74) is -2.54. The molecule has 2 saturated heterocycles. The van der Waals surface area contributed by atoms with Crippen molar-refractivity contribution in [3.8, 4) is 0 Å². The molecule has 5 rings (SSSR count). The summed E-state index contributed by atoms with van der Waals surface area (Å²) in [4.78, 5) is 29.0. The lowest BCUT2D eigenvalue weighted by atomic mass is 9.75. The highest BCUT2D eigenvalue weighted by Gasteiger charge is 2.80. The summed E-state index contributed by atoms with van der Waals surface area (Å²) in [5, 5.41) is 0. The fraction of sp³-hybridized carbons (Fsp3) is 0.394. The van der Waals surface area contributed by atoms with Gasteiger partial charge in [-0.25, -0.2) is 26.4 Å². The van der Waals surface area contributed by atoms with E-state index < -0.39 is 49.1 Å². The molecule has 3 aromatic rings. The number of halogens is 1. The van der Waals surface area contributed by atoms with Crippen LogP contribution in [-0.2, 0) is 39.1 Å². The van der Waals surface area contributed by atoms with Crippen molar-refractivity contribution in [3.05, 3.63) is 94.0 Å². The van der Waals surface area contributed by atoms with E-state index in [1.54, 1.807) is 69.3 Å². The SMILES string of the molecule is CCOC(=O)C1(C(=O)OCC)N(S(=O)(=O)c2ccc(C)cc2)[C@@H](c2cccc(Br)c2)C[C@@]12CCCN2S(=O)(=O)c1ccc(C)cc1. The van der Waals surface area contributed by atoms with Gasteiger partial charge in [0.1, 0.15) is 0 Å². The van der Waals surface area contributed by atoms with Crippen molar-refractivity contribution in [1.29, 1.82) is 0 Å². The lowest BCUT2D eigenvalue weighted by Gasteiger charge is -2.46. The topological polar surface area (TPSA) is 127 Å². The van der Waals surface area contributed by atoms with Crippen LogP contribution in [0.2, 0.25) is 0 Å². The number of ether oxygens (including phenoxy) is 2. The van der Waals surface area contributed by atoms with Gasteiger partial charge in [0.2, 0.25) is 20.0 Å². The van der Waals surface area contributed by atoms with Crippen molar-refractivity contribution >= 4 is 47.9 Å². The molecule has 10 nitrogen and oxygen atoms in total. The standard InChI is InChI=1S/C33H37BrN2O8S2/c1-5-43-30(37)33(31(38)44-6-2)32(19-8-20-35(32)45(39,40)27-15-11-23(3)12-16-27)22-29(25-9-7-10-26(34)21-25)36(33)46(41,42)28-17-13-24(4)14-18-28/h7,9-18,21,29H,5-6,8,19-20,22H2,1-4H3/t29-,32+/m1/s1. The molecule has 0 aliphatic carbocycles. The van der Waals surface area contributed by atoms with Crippen LogP contribution in [0.15, 0.2) is 87.1 Å². The van der Waals surface area contributed by atoms with Gasteiger partial charge in [-0.3, -0.25) is 0 Å². The number of hydrogen-bond acceptors (Lipinski definition) is 8. The van der Waals surface area contributed by atoms with Gasteiger partial charge >= 0.3 is 11.9 Å². The third-order valence-corrected chi connectivity index (χ3v) is 13.2. The van der Waals surface area contributed by atoms with E-state index in [0.29, 0.717) is 10.0 Å². The van der Waals surface area contributed by atoms with Gasteiger partial charge in [0.15, 0.2) is 0 Å². The Morgan fingerprint density at radius 1 is 0.826 bits per heavy atom. The van der Waals surface area contributed by atoms with E-state index >= 15 is 0 Å². The molecule has 0 amide bonds. The number of aryl methyl sites for hydroxylation is 2. The monoisotopic (exact) mass is 732 g/mol. The molecule has 2 atom stereocenters. The minimum absolute atomic E-state index is 0.000140. The lowest BCUT2D eigenvalue weighted by Crippen LogP contribution is -2.73. The van der Waals surface area contributed by atoms with Crippen LogP contribution in [0.25, 0.3) is 0 Å². The van der Waals surface area contributed by atoms with Gasteiger partial charge < -0.3 is 9.47 Å². The van der Waals surface area contributed by atoms with Gasteiger partial charge in [0, 0.05) is 11.0 Å². The first-order chi connectivity index (χ1) is 21.8. The Bertz CT molecular complexity index is 1830. The van der Waals surface area contributed by atoms with E-state index in [1.165, 1.54) is 24.3 Å². The molecule has 246 valence electrons. The van der Waals surface area contributed by atoms with Crippen molar-refractivity contribution < 1.29 is 35.9 Å². The van der Waals surface area contributed by atoms with Gasteiger partial charge in [0.05, 0.1) is 34.6 Å². The molecule has 3 aromatic carbocycles. The first-order valence-electron chi connectivity index (χ1n) is 15.1. The molecule has 0 N–H and O–H groups in total. The second kappa shape index (κ2) is 12.8. The van der Waals surface area contributed by atoms with Crippen molar-refractivity contribution in [2.75, 3.05) is 19.8 Å². The number of esters is 2. The minimum atomic E-state index is -4.71. The molecule has 0 radical (unpaired) electrons. The molecule has 0 aromatic heterocycles. The molecule has 2 aliphatic heterocycles. The number of sulfonamides is 2. The summed E-state index contributed by atoms with van der Waals surface area (Å²) in [6.45, 7) is 6.27. The fourth-order valence-electron chi connectivity index (χ4n) is 6.85. The van der Waals surface area contributed by atoms with E-state index in [0.717, 1.165) is 19.7 Å². The van der Waals surface area contributed by atoms with Crippen molar-refractivity contribution in [2.45, 2.75) is 73.9 Å². The van der Waals surface area contributed by atoms with Crippen LogP contribution in [-0.4, -0.2) is 68.2 Å². The van der Waals surface area contributed by atoms with Crippen LogP contribution in [0.5, 0.6) is 0 Å². The Hall–Kier alpha value is -3.10. The van der Waals surface area contributed by atoms with Crippen LogP contribution in [0.4, 0.5) is 0 Å². The molecule has 2 aliphatic rings. The smallest absolute Gasteiger partial charge is 0.341 e. The minimum Gasteiger partial charge on any atom is -0.464 e. The number of benzene rings is 3. The molecule has 2 heterocycles. The predicted octanol–water partition coefficient (Wildman–Crippen LogP) is 5.29. The molecule has 0 saturated carbocycles. The third-order valence-electron chi connectivity index (χ3n) is 8.81. The average molecular weight is 734 g/mol. The Morgan fingerprint density at radius 3 is 1.85 bits per heavy atom. The quantitative estimate of drug-likeness (QED) is 0.215. The molecule has 0 unspecified atom stereocenters. The van der Waals surface area contributed by atoms with E-state index in [4.69, 9.17) is 9.47 Å². The molecular weight excluding hydrogens is 696 g/mol. The van der Waals surface area contributed by atoms with E-state index in [9.17, 15) is 26.4 Å². The maximum Gasteiger partial charge on any atom is 0.341 e. The highest BCUT2D eigenvalue weighted by molar-refractivity contribution is 9.10. The number of rotatable bonds is 9. The number of nitrogens with zero attached hydrogens (tertiary/aromatic N) is 2. The largest absolute Gasteiger partial charge is 0.464 e. The maximum atomic E-state index is 15.0. The first kappa shape index (κ1) is 34.2. The van der Waals surface area contributed by atoms with E-state index in [-0.39, 0.29) is 48.8 Å². The average Bonchev–Trinajstić information content (AvgIpc) is 3.59. The van der Waals surface area contributed by atoms with Crippen LogP contribution in [0, 0.1) is 13.8 Å². The van der Waals surface area contributed by atoms with Gasteiger partial charge in [-0.2, -0.15) is 8.61 Å². The zero-order chi connectivity index (χ0) is 33.5. The number of hydrogen-bond donors (Lipinski definition) is 0. The zero-order valence-electron chi connectivity index (χ0n) is 26.1. The van der Waals surface area contributed by atoms with Gasteiger partial charge in [-0.05, 0) is 88.9 Å². The summed E-state index contributed by atoms with van der Waals surface area (Å²) in [7, 11) is -9.09. The third kappa shape index (κ3) is 5.39. The van der Waals surface area contributed by atoms with Crippen LogP contribution >= 0.6 is 15.9 Å². The van der Waals surface area contributed by atoms with Crippen LogP contribution in [0.3, 0.4) is 0 Å². The second-order valence-corrected chi connectivity index (χ2v) is 16.2. The van der Waals surface area contributed by atoms with Gasteiger partial charge in [-0.15, -0.1) is 0 Å². The molecular formula is C33H37BrN2O8S2. The molecule has 1 spiro atoms. The van der Waals surface area contributed by atoms with Gasteiger partial charge in [-0.1, -0.05) is 63.5 Å². The summed E-state index contributed by atoms with van der Waals surface area (Å²) in [6, 6.07) is 18.0. The lowest BCUT2D eigenvalue weighted by molar-refractivity contribution is -0.176. The molecule has 2 fully saturated rings. The predicted molar refractivity (Wildman–Crippen MR) is 175 cm³/mol. The van der Waals surface area contributed by atoms with Crippen molar-refractivity contribution in [1.82, 2.24) is 8.61 Å². The molecule has 46 heavy (non-hydrogen) atoms. The summed E-state index contributed by atoms with van der Waals surface area (Å²) < 4.78 is 72.9. The van der Waals surface area contributed by atoms with Crippen molar-refractivity contribution in [3.63, 3.8) is 0 Å². The highest BCUT2D eigenvalue weighted by atomic mass is 79.9. The molecule has 0 bridgehead atoms. The molecule has 13 heteroatoms. The maximum absolute atomic E-state index is 15.0. The summed E-state index contributed by atoms with van der Waals surface area (Å²) >= 11 is 3.47. The number of carbonyl (C=O) groups excluding carboxylic acids is 2. The Balaban J connectivity index is 1.90. The second-order valence-electron chi connectivity index (χ2n) is 11.6. The van der Waals surface area contributed by atoms with E-state index in [1.807, 2.05) is 6.92 Å². The summed E-state index contributed by atoms with van der Waals surface area (Å²) in [5.74, 6) is -2.37. The van der Waals surface area contributed by atoms with E-state index in [2.05, 4.69) is 15.9 Å². The Labute approximate surface area is 278 Å². The van der Waals surface area contributed by atoms with Crippen molar-refractivity contribution in [2.24, 2.45) is 0 Å². The van der Waals surface area contributed by atoms with Crippen LogP contribution in [0.1, 0.15) is 55.8 Å². The zero-order valence-corrected chi connectivity index (χ0v) is 29.3. The first-order valence-corrected chi connectivity index (χ1v) is 18.8. The normalized spacial score (nSPS) is 21.8. The highest BCUT2D eigenvalue weighted by Crippen LogP contribution is 2.60. The van der Waals surface area contributed by atoms with Crippen LogP contribution < -0.4 is 0 Å². The Morgan fingerprint density at radius 2 is 1.35 bits per heavy atom. The summed E-state index contributed by atoms with van der Waals surface area (Å²) in [6.07, 6.45) is 0.0483. The van der Waals surface area contributed by atoms with Gasteiger partial charge in [0.25, 0.3) is 5.54 Å². The Kier molecular flexibility index (Phi) is 9.55. The fourth-order valence-corrected chi connectivity index (χ4v) is 11.0. The number of carbonyl (C=O) groups is 2.